The normalized spacial score (nSPS) is 15.7. The highest BCUT2D eigenvalue weighted by molar-refractivity contribution is 5.86. The highest BCUT2D eigenvalue weighted by Gasteiger charge is 2.25. The Kier molecular flexibility index (Phi) is 5.38. The van der Waals surface area contributed by atoms with Gasteiger partial charge in [0.2, 0.25) is 5.91 Å². The predicted octanol–water partition coefficient (Wildman–Crippen LogP) is 3.49. The lowest BCUT2D eigenvalue weighted by atomic mass is 9.92. The second-order valence-corrected chi connectivity index (χ2v) is 7.40. The molecule has 0 saturated carbocycles. The first-order valence-electron chi connectivity index (χ1n) is 9.95. The molecule has 1 aromatic heterocycles. The zero-order chi connectivity index (χ0) is 20.4. The molecule has 1 saturated heterocycles. The third-order valence-electron chi connectivity index (χ3n) is 5.65. The van der Waals surface area contributed by atoms with Gasteiger partial charge in [-0.1, -0.05) is 25.1 Å². The number of amides is 1. The van der Waals surface area contributed by atoms with Gasteiger partial charge in [0.05, 0.1) is 11.2 Å². The first-order chi connectivity index (χ1) is 14.0. The van der Waals surface area contributed by atoms with Crippen LogP contribution in [-0.4, -0.2) is 42.0 Å². The number of H-pyrrole nitrogens is 1. The van der Waals surface area contributed by atoms with Crippen LogP contribution >= 0.6 is 0 Å². The van der Waals surface area contributed by atoms with Gasteiger partial charge >= 0.3 is 5.76 Å². The first-order valence-corrected chi connectivity index (χ1v) is 9.95. The Morgan fingerprint density at radius 3 is 2.55 bits per heavy atom. The average Bonchev–Trinajstić information content (AvgIpc) is 3.13. The molecule has 29 heavy (non-hydrogen) atoms. The Bertz CT molecular complexity index is 1050. The third-order valence-corrected chi connectivity index (χ3v) is 5.65. The Hall–Kier alpha value is -3.09. The molecule has 2 aromatic carbocycles. The monoisotopic (exact) mass is 397 g/mol. The van der Waals surface area contributed by atoms with Gasteiger partial charge in [-0.2, -0.15) is 0 Å². The number of piperazine rings is 1. The minimum atomic E-state index is -0.465. The number of carbonyl (C=O) groups is 1. The summed E-state index contributed by atoms with van der Waals surface area (Å²) in [7, 11) is 0. The van der Waals surface area contributed by atoms with E-state index in [2.05, 4.69) is 9.88 Å². The molecule has 2 heterocycles. The number of aromatic amines is 1. The van der Waals surface area contributed by atoms with E-state index in [0.717, 1.165) is 17.7 Å². The van der Waals surface area contributed by atoms with E-state index >= 15 is 0 Å². The largest absolute Gasteiger partial charge is 0.417 e. The van der Waals surface area contributed by atoms with Gasteiger partial charge in [-0.05, 0) is 42.2 Å². The topological polar surface area (TPSA) is 69.6 Å². The Morgan fingerprint density at radius 1 is 1.14 bits per heavy atom. The maximum atomic E-state index is 13.2. The number of fused-ring (bicyclic) bond motifs is 1. The van der Waals surface area contributed by atoms with Crippen LogP contribution in [0.15, 0.2) is 51.7 Å². The van der Waals surface area contributed by atoms with E-state index in [1.807, 2.05) is 30.0 Å². The average molecular weight is 397 g/mol. The van der Waals surface area contributed by atoms with E-state index in [-0.39, 0.29) is 17.6 Å². The molecular formula is C22H24FN3O3. The molecule has 1 aliphatic heterocycles. The smallest absolute Gasteiger partial charge is 0.406 e. The third kappa shape index (κ3) is 4.04. The fourth-order valence-electron chi connectivity index (χ4n) is 3.98. The molecule has 1 N–H and O–H groups in total. The van der Waals surface area contributed by atoms with Crippen LogP contribution in [-0.2, 0) is 4.79 Å². The molecule has 1 unspecified atom stereocenters. The molecule has 152 valence electrons. The lowest BCUT2D eigenvalue weighted by Gasteiger charge is -2.36. The quantitative estimate of drug-likeness (QED) is 0.716. The van der Waals surface area contributed by atoms with Gasteiger partial charge in [0.15, 0.2) is 5.58 Å². The number of aromatic nitrogens is 1. The van der Waals surface area contributed by atoms with Gasteiger partial charge in [0.25, 0.3) is 0 Å². The van der Waals surface area contributed by atoms with Gasteiger partial charge in [-0.15, -0.1) is 0 Å². The van der Waals surface area contributed by atoms with Crippen LogP contribution in [0.4, 0.5) is 10.1 Å². The van der Waals surface area contributed by atoms with Gasteiger partial charge in [-0.25, -0.2) is 9.18 Å². The fraction of sp³-hybridized carbons (Fsp3) is 0.364. The van der Waals surface area contributed by atoms with Crippen molar-refractivity contribution in [1.82, 2.24) is 9.88 Å². The van der Waals surface area contributed by atoms with Gasteiger partial charge < -0.3 is 14.2 Å². The Labute approximate surface area is 167 Å². The van der Waals surface area contributed by atoms with Crippen molar-refractivity contribution in [3.63, 3.8) is 0 Å². The molecular weight excluding hydrogens is 373 g/mol. The number of nitrogens with zero attached hydrogens (tertiary/aromatic N) is 2. The van der Waals surface area contributed by atoms with E-state index < -0.39 is 5.76 Å². The number of halogens is 1. The Morgan fingerprint density at radius 2 is 1.86 bits per heavy atom. The van der Waals surface area contributed by atoms with Crippen molar-refractivity contribution in [2.45, 2.75) is 25.7 Å². The molecule has 6 nitrogen and oxygen atoms in total. The van der Waals surface area contributed by atoms with Crippen LogP contribution in [0, 0.1) is 5.82 Å². The highest BCUT2D eigenvalue weighted by atomic mass is 19.1. The summed E-state index contributed by atoms with van der Waals surface area (Å²) in [5, 5.41) is 0. The summed E-state index contributed by atoms with van der Waals surface area (Å²) in [6.07, 6.45) is 1.25. The van der Waals surface area contributed by atoms with Crippen molar-refractivity contribution in [1.29, 1.82) is 0 Å². The summed E-state index contributed by atoms with van der Waals surface area (Å²) in [5.41, 5.74) is 3.09. The molecule has 7 heteroatoms. The second-order valence-electron chi connectivity index (χ2n) is 7.40. The SMILES string of the molecule is CCC(CC(=O)N1CCN(c2cccc3[nH]c(=O)oc23)CC1)c1ccc(F)cc1. The zero-order valence-corrected chi connectivity index (χ0v) is 16.4. The van der Waals surface area contributed by atoms with Crippen LogP contribution in [0.3, 0.4) is 0 Å². The van der Waals surface area contributed by atoms with E-state index in [1.54, 1.807) is 12.1 Å². The molecule has 0 bridgehead atoms. The molecule has 1 atom stereocenters. The summed E-state index contributed by atoms with van der Waals surface area (Å²) < 4.78 is 18.5. The molecule has 3 aromatic rings. The summed E-state index contributed by atoms with van der Waals surface area (Å²) in [6, 6.07) is 12.0. The van der Waals surface area contributed by atoms with Gasteiger partial charge in [0, 0.05) is 32.6 Å². The van der Waals surface area contributed by atoms with E-state index in [0.29, 0.717) is 43.7 Å². The van der Waals surface area contributed by atoms with Crippen molar-refractivity contribution in [2.75, 3.05) is 31.1 Å². The number of para-hydroxylation sites is 1. The fourth-order valence-corrected chi connectivity index (χ4v) is 3.98. The van der Waals surface area contributed by atoms with E-state index in [4.69, 9.17) is 4.42 Å². The van der Waals surface area contributed by atoms with Crippen molar-refractivity contribution in [3.05, 3.63) is 64.4 Å². The molecule has 0 spiro atoms. The number of nitrogens with one attached hydrogen (secondary N) is 1. The maximum Gasteiger partial charge on any atom is 0.417 e. The number of rotatable bonds is 5. The first kappa shape index (κ1) is 19.2. The maximum absolute atomic E-state index is 13.2. The number of hydrogen-bond donors (Lipinski definition) is 1. The van der Waals surface area contributed by atoms with Crippen LogP contribution in [0.1, 0.15) is 31.2 Å². The summed E-state index contributed by atoms with van der Waals surface area (Å²) >= 11 is 0. The lowest BCUT2D eigenvalue weighted by molar-refractivity contribution is -0.131. The number of carbonyl (C=O) groups excluding carboxylic acids is 1. The number of benzene rings is 2. The molecule has 4 rings (SSSR count). The number of anilines is 1. The summed E-state index contributed by atoms with van der Waals surface area (Å²) in [5.74, 6) is -0.525. The number of hydrogen-bond acceptors (Lipinski definition) is 4. The van der Waals surface area contributed by atoms with Crippen LogP contribution < -0.4 is 10.7 Å². The molecule has 0 aliphatic carbocycles. The van der Waals surface area contributed by atoms with Gasteiger partial charge in [0.1, 0.15) is 5.82 Å². The summed E-state index contributed by atoms with van der Waals surface area (Å²) in [4.78, 5) is 31.1. The standard InChI is InChI=1S/C22H24FN3O3/c1-2-15(16-6-8-17(23)9-7-16)14-20(27)26-12-10-25(11-13-26)19-5-3-4-18-21(19)29-22(28)24-18/h3-9,15H,2,10-14H2,1H3,(H,24,28). The zero-order valence-electron chi connectivity index (χ0n) is 16.4. The lowest BCUT2D eigenvalue weighted by Crippen LogP contribution is -2.49. The molecule has 1 aliphatic rings. The van der Waals surface area contributed by atoms with Crippen LogP contribution in [0.25, 0.3) is 11.1 Å². The van der Waals surface area contributed by atoms with Crippen molar-refractivity contribution >= 4 is 22.7 Å². The van der Waals surface area contributed by atoms with Crippen molar-refractivity contribution < 1.29 is 13.6 Å². The van der Waals surface area contributed by atoms with E-state index in [1.165, 1.54) is 12.1 Å². The molecule has 1 amide bonds. The Balaban J connectivity index is 1.40. The predicted molar refractivity (Wildman–Crippen MR) is 110 cm³/mol. The van der Waals surface area contributed by atoms with Crippen molar-refractivity contribution in [3.8, 4) is 0 Å². The summed E-state index contributed by atoms with van der Waals surface area (Å²) in [6.45, 7) is 4.62. The van der Waals surface area contributed by atoms with E-state index in [9.17, 15) is 14.0 Å². The molecule has 0 radical (unpaired) electrons. The minimum absolute atomic E-state index is 0.0870. The highest BCUT2D eigenvalue weighted by Crippen LogP contribution is 2.27. The van der Waals surface area contributed by atoms with Gasteiger partial charge in [-0.3, -0.25) is 9.78 Å². The van der Waals surface area contributed by atoms with Crippen molar-refractivity contribution in [2.24, 2.45) is 0 Å². The molecule has 1 fully saturated rings. The van der Waals surface area contributed by atoms with Crippen LogP contribution in [0.2, 0.25) is 0 Å². The number of oxazole rings is 1. The second kappa shape index (κ2) is 8.11. The minimum Gasteiger partial charge on any atom is -0.406 e. The van der Waals surface area contributed by atoms with Crippen LogP contribution in [0.5, 0.6) is 0 Å².